The van der Waals surface area contributed by atoms with Crippen LogP contribution < -0.4 is 4.74 Å². The largest absolute Gasteiger partial charge is 0.460 e. The van der Waals surface area contributed by atoms with Crippen LogP contribution >= 0.6 is 0 Å². The molecule has 0 amide bonds. The van der Waals surface area contributed by atoms with Crippen LogP contribution in [0.1, 0.15) is 0 Å². The van der Waals surface area contributed by atoms with E-state index in [-0.39, 0.29) is 0 Å². The summed E-state index contributed by atoms with van der Waals surface area (Å²) in [5, 5.41) is 39.3. The second-order valence-electron chi connectivity index (χ2n) is 5.01. The summed E-state index contributed by atoms with van der Waals surface area (Å²) in [5.41, 5.74) is 0.858. The first kappa shape index (κ1) is 14.3. The van der Waals surface area contributed by atoms with Crippen LogP contribution in [0.15, 0.2) is 30.5 Å². The van der Waals surface area contributed by atoms with Crippen molar-refractivity contribution in [1.29, 1.82) is 0 Å². The summed E-state index contributed by atoms with van der Waals surface area (Å²) in [6.07, 6.45) is -4.82. The van der Waals surface area contributed by atoms with Gasteiger partial charge in [0.2, 0.25) is 6.29 Å². The van der Waals surface area contributed by atoms with Crippen LogP contribution in [-0.4, -0.2) is 62.7 Å². The minimum atomic E-state index is -1.45. The number of aliphatic hydroxyl groups is 4. The molecule has 1 aliphatic rings. The van der Waals surface area contributed by atoms with E-state index in [1.54, 1.807) is 6.20 Å². The molecule has 1 aromatic heterocycles. The molecule has 21 heavy (non-hydrogen) atoms. The van der Waals surface area contributed by atoms with Crippen molar-refractivity contribution < 1.29 is 29.9 Å². The molecule has 1 unspecified atom stereocenters. The number of hydrogen-bond donors (Lipinski definition) is 5. The van der Waals surface area contributed by atoms with Crippen LogP contribution in [0.2, 0.25) is 0 Å². The maximum absolute atomic E-state index is 9.94. The Morgan fingerprint density at radius 1 is 1.10 bits per heavy atom. The monoisotopic (exact) mass is 295 g/mol. The zero-order valence-corrected chi connectivity index (χ0v) is 11.1. The molecule has 1 saturated heterocycles. The molecule has 1 fully saturated rings. The van der Waals surface area contributed by atoms with Crippen molar-refractivity contribution in [2.45, 2.75) is 30.7 Å². The number of para-hydroxylation sites is 1. The van der Waals surface area contributed by atoms with Gasteiger partial charge in [-0.2, -0.15) is 0 Å². The number of aromatic amines is 1. The molecular weight excluding hydrogens is 278 g/mol. The van der Waals surface area contributed by atoms with Gasteiger partial charge in [-0.1, -0.05) is 12.1 Å². The lowest BCUT2D eigenvalue weighted by atomic mass is 9.99. The summed E-state index contributed by atoms with van der Waals surface area (Å²) in [6.45, 7) is -0.487. The number of H-pyrrole nitrogens is 1. The number of benzene rings is 1. The first-order chi connectivity index (χ1) is 10.1. The predicted molar refractivity (Wildman–Crippen MR) is 72.7 cm³/mol. The Bertz CT molecular complexity index is 612. The Morgan fingerprint density at radius 2 is 1.86 bits per heavy atom. The molecule has 0 bridgehead atoms. The molecule has 2 heterocycles. The van der Waals surface area contributed by atoms with E-state index in [0.29, 0.717) is 5.75 Å². The van der Waals surface area contributed by atoms with Gasteiger partial charge in [-0.25, -0.2) is 0 Å². The number of hydrogen-bond acceptors (Lipinski definition) is 6. The predicted octanol–water partition coefficient (Wildman–Crippen LogP) is -0.653. The SMILES string of the molecule is OC[C@H]1OC(Oc2c[nH]c3ccccc23)[C@H](O)[C@@H](O)[C@H]1O. The lowest BCUT2D eigenvalue weighted by Gasteiger charge is -2.39. The van der Waals surface area contributed by atoms with Gasteiger partial charge in [0, 0.05) is 17.1 Å². The molecule has 114 valence electrons. The van der Waals surface area contributed by atoms with E-state index in [4.69, 9.17) is 14.6 Å². The lowest BCUT2D eigenvalue weighted by molar-refractivity contribution is -0.277. The Balaban J connectivity index is 1.83. The van der Waals surface area contributed by atoms with E-state index in [0.717, 1.165) is 10.9 Å². The van der Waals surface area contributed by atoms with Crippen molar-refractivity contribution in [3.8, 4) is 5.75 Å². The minimum absolute atomic E-state index is 0.454. The van der Waals surface area contributed by atoms with E-state index < -0.39 is 37.3 Å². The Morgan fingerprint density at radius 3 is 2.62 bits per heavy atom. The first-order valence-corrected chi connectivity index (χ1v) is 6.65. The van der Waals surface area contributed by atoms with Crippen molar-refractivity contribution in [2.24, 2.45) is 0 Å². The number of rotatable bonds is 3. The zero-order valence-electron chi connectivity index (χ0n) is 11.1. The summed E-state index contributed by atoms with van der Waals surface area (Å²) < 4.78 is 10.9. The van der Waals surface area contributed by atoms with E-state index in [9.17, 15) is 15.3 Å². The molecule has 7 nitrogen and oxygen atoms in total. The van der Waals surface area contributed by atoms with Gasteiger partial charge in [0.15, 0.2) is 0 Å². The maximum atomic E-state index is 9.94. The van der Waals surface area contributed by atoms with E-state index in [1.165, 1.54) is 0 Å². The van der Waals surface area contributed by atoms with E-state index in [2.05, 4.69) is 4.98 Å². The molecule has 5 atom stereocenters. The maximum Gasteiger partial charge on any atom is 0.229 e. The third-order valence-electron chi connectivity index (χ3n) is 3.64. The van der Waals surface area contributed by atoms with E-state index >= 15 is 0 Å². The van der Waals surface area contributed by atoms with Crippen molar-refractivity contribution in [3.05, 3.63) is 30.5 Å². The lowest BCUT2D eigenvalue weighted by Crippen LogP contribution is -2.60. The van der Waals surface area contributed by atoms with Crippen molar-refractivity contribution in [2.75, 3.05) is 6.61 Å². The van der Waals surface area contributed by atoms with Gasteiger partial charge in [-0.3, -0.25) is 0 Å². The zero-order chi connectivity index (χ0) is 15.0. The van der Waals surface area contributed by atoms with Crippen LogP contribution in [0.5, 0.6) is 5.75 Å². The molecule has 7 heteroatoms. The summed E-state index contributed by atoms with van der Waals surface area (Å²) in [4.78, 5) is 3.01. The van der Waals surface area contributed by atoms with Crippen LogP contribution in [0.3, 0.4) is 0 Å². The number of nitrogens with one attached hydrogen (secondary N) is 1. The summed E-state index contributed by atoms with van der Waals surface area (Å²) in [7, 11) is 0. The molecule has 2 aromatic rings. The van der Waals surface area contributed by atoms with Gasteiger partial charge in [-0.05, 0) is 12.1 Å². The average Bonchev–Trinajstić information content (AvgIpc) is 2.91. The van der Waals surface area contributed by atoms with Gasteiger partial charge < -0.3 is 34.9 Å². The van der Waals surface area contributed by atoms with Crippen LogP contribution in [0.4, 0.5) is 0 Å². The van der Waals surface area contributed by atoms with Crippen LogP contribution in [0, 0.1) is 0 Å². The second-order valence-corrected chi connectivity index (χ2v) is 5.01. The molecule has 0 aliphatic carbocycles. The molecule has 5 N–H and O–H groups in total. The van der Waals surface area contributed by atoms with Crippen LogP contribution in [0.25, 0.3) is 10.9 Å². The van der Waals surface area contributed by atoms with E-state index in [1.807, 2.05) is 24.3 Å². The highest BCUT2D eigenvalue weighted by molar-refractivity contribution is 5.85. The average molecular weight is 295 g/mol. The fourth-order valence-electron chi connectivity index (χ4n) is 2.43. The molecule has 1 aliphatic heterocycles. The van der Waals surface area contributed by atoms with Crippen LogP contribution in [-0.2, 0) is 4.74 Å². The summed E-state index contributed by atoms with van der Waals surface area (Å²) in [5.74, 6) is 0.454. The van der Waals surface area contributed by atoms with Gasteiger partial charge in [0.25, 0.3) is 0 Å². The molecule has 1 aromatic carbocycles. The molecule has 0 saturated carbocycles. The minimum Gasteiger partial charge on any atom is -0.460 e. The Kier molecular flexibility index (Phi) is 3.83. The molecule has 0 spiro atoms. The smallest absolute Gasteiger partial charge is 0.229 e. The highest BCUT2D eigenvalue weighted by Crippen LogP contribution is 2.29. The highest BCUT2D eigenvalue weighted by atomic mass is 16.7. The fourth-order valence-corrected chi connectivity index (χ4v) is 2.43. The molecule has 0 radical (unpaired) electrons. The topological polar surface area (TPSA) is 115 Å². The normalized spacial score (nSPS) is 33.2. The second kappa shape index (κ2) is 5.63. The number of aromatic nitrogens is 1. The third kappa shape index (κ3) is 2.50. The molecular formula is C14H17NO6. The van der Waals surface area contributed by atoms with Crippen molar-refractivity contribution >= 4 is 10.9 Å². The highest BCUT2D eigenvalue weighted by Gasteiger charge is 2.44. The van der Waals surface area contributed by atoms with Gasteiger partial charge in [0.05, 0.1) is 6.61 Å². The van der Waals surface area contributed by atoms with Crippen molar-refractivity contribution in [1.82, 2.24) is 4.98 Å². The van der Waals surface area contributed by atoms with Gasteiger partial charge in [0.1, 0.15) is 30.2 Å². The quantitative estimate of drug-likeness (QED) is 0.514. The number of ether oxygens (including phenoxy) is 2. The molecule has 3 rings (SSSR count). The number of fused-ring (bicyclic) bond motifs is 1. The van der Waals surface area contributed by atoms with Gasteiger partial charge in [-0.15, -0.1) is 0 Å². The Labute approximate surface area is 120 Å². The summed E-state index contributed by atoms with van der Waals surface area (Å²) in [6, 6.07) is 7.42. The Hall–Kier alpha value is -1.64. The number of aliphatic hydroxyl groups excluding tert-OH is 4. The third-order valence-corrected chi connectivity index (χ3v) is 3.64. The fraction of sp³-hybridized carbons (Fsp3) is 0.429. The summed E-state index contributed by atoms with van der Waals surface area (Å²) >= 11 is 0. The van der Waals surface area contributed by atoms with Crippen molar-refractivity contribution in [3.63, 3.8) is 0 Å². The van der Waals surface area contributed by atoms with Gasteiger partial charge >= 0.3 is 0 Å². The first-order valence-electron chi connectivity index (χ1n) is 6.65. The standard InChI is InChI=1S/C14H17NO6/c16-6-10-11(17)12(18)13(19)14(21-10)20-9-5-15-8-4-2-1-3-7(8)9/h1-5,10-19H,6H2/t10-,11+,12+,13-,14?/m1/s1.